The van der Waals surface area contributed by atoms with Crippen LogP contribution in [0.1, 0.15) is 38.2 Å². The molecule has 20 heavy (non-hydrogen) atoms. The highest BCUT2D eigenvalue weighted by Gasteiger charge is 2.54. The molecule has 2 aliphatic rings. The Kier molecular flexibility index (Phi) is 3.93. The van der Waals surface area contributed by atoms with Crippen molar-refractivity contribution < 1.29 is 13.6 Å². The highest BCUT2D eigenvalue weighted by molar-refractivity contribution is 9.12. The number of hydrogen-bond donors (Lipinski definition) is 0. The van der Waals surface area contributed by atoms with Gasteiger partial charge in [0, 0.05) is 4.48 Å². The van der Waals surface area contributed by atoms with Crippen LogP contribution in [-0.2, 0) is 13.6 Å². The van der Waals surface area contributed by atoms with Crippen molar-refractivity contribution in [2.24, 2.45) is 0 Å². The van der Waals surface area contributed by atoms with Crippen LogP contribution in [0.25, 0.3) is 5.31 Å². The molecule has 0 amide bonds. The monoisotopic (exact) mass is 356 g/mol. The highest BCUT2D eigenvalue weighted by atomic mass is 79.9. The van der Waals surface area contributed by atoms with Crippen LogP contribution >= 0.6 is 23.5 Å². The summed E-state index contributed by atoms with van der Waals surface area (Å²) in [6.07, 6.45) is 4.01. The topological polar surface area (TPSA) is 35.5 Å². The predicted octanol–water partition coefficient (Wildman–Crippen LogP) is 5.32. The van der Waals surface area contributed by atoms with E-state index < -0.39 is 13.2 Å². The zero-order valence-electron chi connectivity index (χ0n) is 11.5. The van der Waals surface area contributed by atoms with E-state index in [1.165, 1.54) is 0 Å². The van der Waals surface area contributed by atoms with Gasteiger partial charge in [-0.1, -0.05) is 59.1 Å². The molecule has 1 spiro atoms. The smallest absolute Gasteiger partial charge is 0.305 e. The zero-order chi connectivity index (χ0) is 14.2. The fourth-order valence-corrected chi connectivity index (χ4v) is 6.79. The molecule has 108 valence electrons. The molecule has 1 aliphatic carbocycles. The van der Waals surface area contributed by atoms with Crippen molar-refractivity contribution in [3.8, 4) is 0 Å². The molecule has 1 unspecified atom stereocenters. The maximum atomic E-state index is 13.2. The lowest BCUT2D eigenvalue weighted by Crippen LogP contribution is -2.24. The van der Waals surface area contributed by atoms with E-state index in [4.69, 9.17) is 9.05 Å². The van der Waals surface area contributed by atoms with E-state index in [-0.39, 0.29) is 0 Å². The minimum Gasteiger partial charge on any atom is -0.305 e. The first-order valence-corrected chi connectivity index (χ1v) is 9.36. The second-order valence-corrected chi connectivity index (χ2v) is 7.91. The molecule has 3 nitrogen and oxygen atoms in total. The van der Waals surface area contributed by atoms with Crippen molar-refractivity contribution in [2.75, 3.05) is 6.61 Å². The van der Waals surface area contributed by atoms with Crippen LogP contribution in [0, 0.1) is 0 Å². The molecule has 0 saturated heterocycles. The van der Waals surface area contributed by atoms with Gasteiger partial charge >= 0.3 is 7.60 Å². The van der Waals surface area contributed by atoms with E-state index in [1.54, 1.807) is 0 Å². The Labute approximate surface area is 128 Å². The van der Waals surface area contributed by atoms with Gasteiger partial charge in [-0.3, -0.25) is 9.09 Å². The van der Waals surface area contributed by atoms with Crippen molar-refractivity contribution in [3.63, 3.8) is 0 Å². The van der Waals surface area contributed by atoms with Crippen LogP contribution in [0.2, 0.25) is 0 Å². The van der Waals surface area contributed by atoms with E-state index in [0.717, 1.165) is 35.7 Å². The number of halogens is 1. The minimum absolute atomic E-state index is 0.379. The largest absolute Gasteiger partial charge is 0.363 e. The summed E-state index contributed by atoms with van der Waals surface area (Å²) in [5, 5.41) is 0.710. The molecule has 1 fully saturated rings. The summed E-state index contributed by atoms with van der Waals surface area (Å²) < 4.78 is 25.7. The Morgan fingerprint density at radius 1 is 1.30 bits per heavy atom. The summed E-state index contributed by atoms with van der Waals surface area (Å²) in [5.74, 6) is 0. The van der Waals surface area contributed by atoms with Crippen LogP contribution in [0.4, 0.5) is 0 Å². The minimum atomic E-state index is -3.24. The number of benzene rings is 1. The van der Waals surface area contributed by atoms with Gasteiger partial charge in [0.1, 0.15) is 5.60 Å². The summed E-state index contributed by atoms with van der Waals surface area (Å²) in [6, 6.07) is 9.75. The van der Waals surface area contributed by atoms with Crippen molar-refractivity contribution in [3.05, 3.63) is 40.4 Å². The van der Waals surface area contributed by atoms with E-state index in [9.17, 15) is 4.57 Å². The summed E-state index contributed by atoms with van der Waals surface area (Å²) in [4.78, 5) is 0. The van der Waals surface area contributed by atoms with Crippen molar-refractivity contribution in [1.29, 1.82) is 0 Å². The molecule has 1 aromatic carbocycles. The van der Waals surface area contributed by atoms with Crippen LogP contribution in [0.3, 0.4) is 0 Å². The molecule has 0 radical (unpaired) electrons. The lowest BCUT2D eigenvalue weighted by Gasteiger charge is -2.24. The maximum absolute atomic E-state index is 13.2. The van der Waals surface area contributed by atoms with Crippen molar-refractivity contribution in [2.45, 2.75) is 38.2 Å². The molecule has 1 aromatic rings. The number of hydrogen-bond acceptors (Lipinski definition) is 3. The Morgan fingerprint density at radius 2 is 1.95 bits per heavy atom. The molecule has 0 aromatic heterocycles. The van der Waals surface area contributed by atoms with Gasteiger partial charge < -0.3 is 4.52 Å². The van der Waals surface area contributed by atoms with E-state index in [1.807, 2.05) is 37.3 Å². The second-order valence-electron chi connectivity index (χ2n) is 5.24. The molecule has 1 aliphatic heterocycles. The van der Waals surface area contributed by atoms with Gasteiger partial charge in [-0.05, 0) is 25.3 Å². The predicted molar refractivity (Wildman–Crippen MR) is 83.8 cm³/mol. The summed E-state index contributed by atoms with van der Waals surface area (Å²) in [7, 11) is -3.24. The molecular weight excluding hydrogens is 339 g/mol. The Morgan fingerprint density at radius 3 is 2.55 bits per heavy atom. The van der Waals surface area contributed by atoms with Gasteiger partial charge in [-0.25, -0.2) is 0 Å². The highest BCUT2D eigenvalue weighted by Crippen LogP contribution is 2.73. The Balaban J connectivity index is 2.13. The third-order valence-electron chi connectivity index (χ3n) is 3.93. The molecule has 0 bridgehead atoms. The van der Waals surface area contributed by atoms with Gasteiger partial charge in [0.2, 0.25) is 0 Å². The molecule has 3 rings (SSSR count). The average molecular weight is 357 g/mol. The Bertz CT molecular complexity index is 576. The lowest BCUT2D eigenvalue weighted by molar-refractivity contribution is 0.108. The van der Waals surface area contributed by atoms with Crippen LogP contribution in [0.5, 0.6) is 0 Å². The summed E-state index contributed by atoms with van der Waals surface area (Å²) >= 11 is 3.67. The first kappa shape index (κ1) is 14.5. The third-order valence-corrected chi connectivity index (χ3v) is 7.58. The molecule has 1 saturated carbocycles. The van der Waals surface area contributed by atoms with Crippen molar-refractivity contribution >= 4 is 28.8 Å². The first-order valence-electron chi connectivity index (χ1n) is 7.03. The van der Waals surface area contributed by atoms with Crippen molar-refractivity contribution in [1.82, 2.24) is 0 Å². The van der Waals surface area contributed by atoms with Gasteiger partial charge in [0.15, 0.2) is 0 Å². The normalized spacial score (nSPS) is 28.5. The van der Waals surface area contributed by atoms with Gasteiger partial charge in [-0.2, -0.15) is 0 Å². The second kappa shape index (κ2) is 5.42. The standard InChI is InChI=1S/C15H18BrO3P/c1-2-18-20(17)13(12-8-4-3-5-9-12)14(16)15(19-20)10-6-7-11-15/h3-5,8-9H,2,6-7,10-11H2,1H3. The fraction of sp³-hybridized carbons (Fsp3) is 0.467. The average Bonchev–Trinajstić information content (AvgIpc) is 2.97. The van der Waals surface area contributed by atoms with Gasteiger partial charge in [-0.15, -0.1) is 0 Å². The quantitative estimate of drug-likeness (QED) is 0.687. The summed E-state index contributed by atoms with van der Waals surface area (Å²) in [6.45, 7) is 2.23. The summed E-state index contributed by atoms with van der Waals surface area (Å²) in [5.41, 5.74) is 0.482. The van der Waals surface area contributed by atoms with Gasteiger partial charge in [0.25, 0.3) is 0 Å². The molecule has 0 N–H and O–H groups in total. The van der Waals surface area contributed by atoms with Crippen LogP contribution in [0.15, 0.2) is 34.8 Å². The van der Waals surface area contributed by atoms with Crippen LogP contribution < -0.4 is 0 Å². The first-order chi connectivity index (χ1) is 9.61. The van der Waals surface area contributed by atoms with E-state index >= 15 is 0 Å². The van der Waals surface area contributed by atoms with E-state index in [0.29, 0.717) is 11.9 Å². The SMILES string of the molecule is CCOP1(=O)OC2(CCCC2)C(Br)=C1c1ccccc1. The molecule has 1 heterocycles. The lowest BCUT2D eigenvalue weighted by atomic mass is 10.0. The molecule has 5 heteroatoms. The number of rotatable bonds is 3. The van der Waals surface area contributed by atoms with Crippen LogP contribution in [-0.4, -0.2) is 12.2 Å². The zero-order valence-corrected chi connectivity index (χ0v) is 14.0. The molecular formula is C15H18BrO3P. The maximum Gasteiger partial charge on any atom is 0.363 e. The third kappa shape index (κ3) is 2.23. The van der Waals surface area contributed by atoms with E-state index in [2.05, 4.69) is 15.9 Å². The van der Waals surface area contributed by atoms with Gasteiger partial charge in [0.05, 0.1) is 11.9 Å². The molecule has 1 atom stereocenters. The fourth-order valence-electron chi connectivity index (χ4n) is 3.05. The Hall–Kier alpha value is -0.410.